The summed E-state index contributed by atoms with van der Waals surface area (Å²) in [7, 11) is 2.13. The predicted molar refractivity (Wildman–Crippen MR) is 117 cm³/mol. The van der Waals surface area contributed by atoms with Crippen LogP contribution in [0.3, 0.4) is 0 Å². The number of cyclic esters (lactones) is 1. The van der Waals surface area contributed by atoms with Gasteiger partial charge in [0, 0.05) is 51.4 Å². The standard InChI is InChI=1S/C21H28N8O3/c1-3-29-20-15(12-23-29)19(24-14-4-9-31-18(30)10-14)16(11-22-20)21-26-25-17(32-21)13-28-7-5-27(2)6-8-28/h11-12,14H,3-10,13H2,1-2H3,(H,22,24). The zero-order chi connectivity index (χ0) is 22.1. The minimum Gasteiger partial charge on any atom is -0.466 e. The normalized spacial score (nSPS) is 20.6. The maximum atomic E-state index is 11.8. The molecule has 1 atom stereocenters. The Labute approximate surface area is 185 Å². The SMILES string of the molecule is CCn1ncc2c(NC3CCOC(=O)C3)c(-c3nnc(CN4CCN(C)CC4)o3)cnc21. The Morgan fingerprint density at radius 3 is 2.81 bits per heavy atom. The molecule has 2 saturated heterocycles. The Bertz CT molecular complexity index is 1100. The van der Waals surface area contributed by atoms with E-state index in [1.807, 2.05) is 11.6 Å². The molecule has 3 aromatic heterocycles. The smallest absolute Gasteiger partial charge is 0.307 e. The van der Waals surface area contributed by atoms with Gasteiger partial charge in [0.1, 0.15) is 0 Å². The molecule has 2 aliphatic rings. The number of hydrogen-bond donors (Lipinski definition) is 1. The highest BCUT2D eigenvalue weighted by Gasteiger charge is 2.25. The number of likely N-dealkylation sites (N-methyl/N-ethyl adjacent to an activating group) is 1. The summed E-state index contributed by atoms with van der Waals surface area (Å²) in [4.78, 5) is 21.0. The van der Waals surface area contributed by atoms with E-state index in [4.69, 9.17) is 9.15 Å². The first kappa shape index (κ1) is 20.8. The van der Waals surface area contributed by atoms with E-state index >= 15 is 0 Å². The minimum absolute atomic E-state index is 0.0432. The monoisotopic (exact) mass is 440 g/mol. The Morgan fingerprint density at radius 2 is 2.03 bits per heavy atom. The average molecular weight is 441 g/mol. The molecule has 0 saturated carbocycles. The summed E-state index contributed by atoms with van der Waals surface area (Å²) in [5.41, 5.74) is 2.29. The number of hydrogen-bond acceptors (Lipinski definition) is 10. The molecule has 32 heavy (non-hydrogen) atoms. The van der Waals surface area contributed by atoms with Gasteiger partial charge in [-0.3, -0.25) is 9.69 Å². The van der Waals surface area contributed by atoms with Gasteiger partial charge in [-0.15, -0.1) is 10.2 Å². The molecule has 1 N–H and O–H groups in total. The van der Waals surface area contributed by atoms with Gasteiger partial charge >= 0.3 is 5.97 Å². The fourth-order valence-corrected chi connectivity index (χ4v) is 4.20. The molecule has 11 nitrogen and oxygen atoms in total. The largest absolute Gasteiger partial charge is 0.466 e. The number of carbonyl (C=O) groups excluding carboxylic acids is 1. The number of nitrogens with zero attached hydrogens (tertiary/aromatic N) is 7. The van der Waals surface area contributed by atoms with Crippen molar-refractivity contribution in [3.05, 3.63) is 18.3 Å². The Balaban J connectivity index is 1.45. The van der Waals surface area contributed by atoms with E-state index in [-0.39, 0.29) is 12.0 Å². The fraction of sp³-hybridized carbons (Fsp3) is 0.571. The number of carbonyl (C=O) groups is 1. The lowest BCUT2D eigenvalue weighted by atomic mass is 10.1. The summed E-state index contributed by atoms with van der Waals surface area (Å²) in [6.45, 7) is 7.77. The van der Waals surface area contributed by atoms with Crippen molar-refractivity contribution >= 4 is 22.7 Å². The van der Waals surface area contributed by atoms with Crippen molar-refractivity contribution in [1.82, 2.24) is 34.8 Å². The summed E-state index contributed by atoms with van der Waals surface area (Å²) < 4.78 is 13.0. The van der Waals surface area contributed by atoms with Crippen LogP contribution in [0.4, 0.5) is 5.69 Å². The molecular formula is C21H28N8O3. The minimum atomic E-state index is -0.197. The van der Waals surface area contributed by atoms with Crippen LogP contribution in [0.2, 0.25) is 0 Å². The Hall–Kier alpha value is -3.05. The first-order valence-corrected chi connectivity index (χ1v) is 11.1. The van der Waals surface area contributed by atoms with Gasteiger partial charge in [-0.25, -0.2) is 9.67 Å². The summed E-state index contributed by atoms with van der Waals surface area (Å²) in [6.07, 6.45) is 4.58. The van der Waals surface area contributed by atoms with Gasteiger partial charge in [0.15, 0.2) is 5.65 Å². The number of ether oxygens (including phenoxy) is 1. The molecule has 5 rings (SSSR count). The quantitative estimate of drug-likeness (QED) is 0.564. The van der Waals surface area contributed by atoms with Gasteiger partial charge in [0.2, 0.25) is 5.89 Å². The third-order valence-electron chi connectivity index (χ3n) is 6.11. The van der Waals surface area contributed by atoms with Gasteiger partial charge < -0.3 is 19.4 Å². The van der Waals surface area contributed by atoms with Crippen LogP contribution in [-0.2, 0) is 22.6 Å². The van der Waals surface area contributed by atoms with Crippen LogP contribution >= 0.6 is 0 Å². The summed E-state index contributed by atoms with van der Waals surface area (Å²) >= 11 is 0. The number of aromatic nitrogens is 5. The number of pyridine rings is 1. The lowest BCUT2D eigenvalue weighted by molar-refractivity contribution is -0.147. The lowest BCUT2D eigenvalue weighted by Crippen LogP contribution is -2.43. The molecule has 0 amide bonds. The molecule has 0 aliphatic carbocycles. The van der Waals surface area contributed by atoms with Crippen molar-refractivity contribution < 1.29 is 13.9 Å². The molecule has 0 aromatic carbocycles. The molecule has 170 valence electrons. The number of nitrogens with one attached hydrogen (secondary N) is 1. The summed E-state index contributed by atoms with van der Waals surface area (Å²) in [6, 6.07) is -0.0432. The number of piperazine rings is 1. The van der Waals surface area contributed by atoms with Crippen LogP contribution in [0, 0.1) is 0 Å². The predicted octanol–water partition coefficient (Wildman–Crippen LogP) is 1.37. The molecule has 3 aromatic rings. The van der Waals surface area contributed by atoms with Gasteiger partial charge in [-0.1, -0.05) is 0 Å². The molecule has 0 radical (unpaired) electrons. The first-order valence-electron chi connectivity index (χ1n) is 11.1. The van der Waals surface area contributed by atoms with Crippen molar-refractivity contribution in [2.45, 2.75) is 38.9 Å². The maximum absolute atomic E-state index is 11.8. The van der Waals surface area contributed by atoms with Crippen molar-refractivity contribution in [2.75, 3.05) is 45.2 Å². The number of fused-ring (bicyclic) bond motifs is 1. The molecule has 11 heteroatoms. The fourth-order valence-electron chi connectivity index (χ4n) is 4.20. The Kier molecular flexibility index (Phi) is 5.75. The highest BCUT2D eigenvalue weighted by atomic mass is 16.5. The highest BCUT2D eigenvalue weighted by Crippen LogP contribution is 2.34. The second kappa shape index (κ2) is 8.83. The lowest BCUT2D eigenvalue weighted by Gasteiger charge is -2.31. The van der Waals surface area contributed by atoms with Crippen LogP contribution in [0.5, 0.6) is 0 Å². The van der Waals surface area contributed by atoms with E-state index in [1.165, 1.54) is 0 Å². The third kappa shape index (κ3) is 4.17. The molecule has 2 aliphatic heterocycles. The van der Waals surface area contributed by atoms with Gasteiger partial charge in [-0.2, -0.15) is 5.10 Å². The molecule has 2 fully saturated rings. The van der Waals surface area contributed by atoms with E-state index in [9.17, 15) is 4.79 Å². The van der Waals surface area contributed by atoms with Gasteiger partial charge in [0.05, 0.1) is 42.4 Å². The molecule has 5 heterocycles. The van der Waals surface area contributed by atoms with Crippen LogP contribution in [0.25, 0.3) is 22.5 Å². The molecule has 1 unspecified atom stereocenters. The van der Waals surface area contributed by atoms with Gasteiger partial charge in [0.25, 0.3) is 5.89 Å². The maximum Gasteiger partial charge on any atom is 0.307 e. The number of rotatable bonds is 6. The number of anilines is 1. The van der Waals surface area contributed by atoms with E-state index in [0.29, 0.717) is 43.5 Å². The summed E-state index contributed by atoms with van der Waals surface area (Å²) in [5.74, 6) is 0.798. The second-order valence-electron chi connectivity index (χ2n) is 8.38. The van der Waals surface area contributed by atoms with E-state index < -0.39 is 0 Å². The topological polar surface area (TPSA) is 114 Å². The Morgan fingerprint density at radius 1 is 1.19 bits per heavy atom. The third-order valence-corrected chi connectivity index (χ3v) is 6.11. The summed E-state index contributed by atoms with van der Waals surface area (Å²) in [5, 5.41) is 17.4. The second-order valence-corrected chi connectivity index (χ2v) is 8.38. The first-order chi connectivity index (χ1) is 15.6. The van der Waals surface area contributed by atoms with E-state index in [2.05, 4.69) is 42.4 Å². The van der Waals surface area contributed by atoms with Crippen LogP contribution in [-0.4, -0.2) is 86.6 Å². The molecule has 0 spiro atoms. The van der Waals surface area contributed by atoms with Crippen LogP contribution in [0.1, 0.15) is 25.7 Å². The molecular weight excluding hydrogens is 412 g/mol. The van der Waals surface area contributed by atoms with Gasteiger partial charge in [-0.05, 0) is 14.0 Å². The average Bonchev–Trinajstić information content (AvgIpc) is 3.42. The van der Waals surface area contributed by atoms with E-state index in [1.54, 1.807) is 12.4 Å². The van der Waals surface area contributed by atoms with Crippen molar-refractivity contribution in [2.24, 2.45) is 0 Å². The highest BCUT2D eigenvalue weighted by molar-refractivity contribution is 5.96. The van der Waals surface area contributed by atoms with E-state index in [0.717, 1.165) is 49.3 Å². The van der Waals surface area contributed by atoms with Crippen LogP contribution < -0.4 is 5.32 Å². The number of esters is 1. The van der Waals surface area contributed by atoms with Crippen molar-refractivity contribution in [3.63, 3.8) is 0 Å². The zero-order valence-electron chi connectivity index (χ0n) is 18.5. The zero-order valence-corrected chi connectivity index (χ0v) is 18.5. The molecule has 0 bridgehead atoms. The van der Waals surface area contributed by atoms with Crippen molar-refractivity contribution in [3.8, 4) is 11.5 Å². The van der Waals surface area contributed by atoms with Crippen LogP contribution in [0.15, 0.2) is 16.8 Å². The van der Waals surface area contributed by atoms with Crippen molar-refractivity contribution in [1.29, 1.82) is 0 Å². The number of aryl methyl sites for hydroxylation is 1.